The normalized spacial score (nSPS) is 20.2. The van der Waals surface area contributed by atoms with Crippen molar-refractivity contribution in [3.63, 3.8) is 0 Å². The van der Waals surface area contributed by atoms with E-state index in [1.165, 1.54) is 19.3 Å². The smallest absolute Gasteiger partial charge is 0.404 e. The summed E-state index contributed by atoms with van der Waals surface area (Å²) in [6.07, 6.45) is 3.06. The van der Waals surface area contributed by atoms with Crippen molar-refractivity contribution in [2.24, 2.45) is 5.16 Å². The number of oxime groups is 1. The van der Waals surface area contributed by atoms with Gasteiger partial charge in [0.05, 0.1) is 17.9 Å². The van der Waals surface area contributed by atoms with Crippen LogP contribution in [0.5, 0.6) is 5.75 Å². The number of piperidine rings is 1. The van der Waals surface area contributed by atoms with Crippen molar-refractivity contribution in [1.29, 1.82) is 0 Å². The van der Waals surface area contributed by atoms with Crippen molar-refractivity contribution in [3.8, 4) is 5.75 Å². The van der Waals surface area contributed by atoms with E-state index in [2.05, 4.69) is 21.4 Å². The number of amides is 1. The lowest BCUT2D eigenvalue weighted by atomic mass is 10.1. The van der Waals surface area contributed by atoms with E-state index in [4.69, 9.17) is 14.7 Å². The molecule has 2 aliphatic rings. The van der Waals surface area contributed by atoms with Gasteiger partial charge in [-0.25, -0.2) is 4.79 Å². The van der Waals surface area contributed by atoms with Gasteiger partial charge in [-0.1, -0.05) is 17.3 Å². The van der Waals surface area contributed by atoms with Gasteiger partial charge in [-0.15, -0.1) is 0 Å². The molecule has 1 amide bonds. The fourth-order valence-electron chi connectivity index (χ4n) is 3.02. The molecule has 0 saturated carbocycles. The van der Waals surface area contributed by atoms with E-state index < -0.39 is 6.09 Å². The summed E-state index contributed by atoms with van der Waals surface area (Å²) >= 11 is 0. The molecule has 2 heterocycles. The molecule has 1 saturated heterocycles. The van der Waals surface area contributed by atoms with E-state index in [-0.39, 0.29) is 12.6 Å². The summed E-state index contributed by atoms with van der Waals surface area (Å²) < 4.78 is 5.97. The molecule has 2 N–H and O–H groups in total. The quantitative estimate of drug-likeness (QED) is 0.835. The number of carboxylic acid groups (broad SMARTS) is 1. The fraction of sp³-hybridized carbons (Fsp3) is 0.529. The Morgan fingerprint density at radius 3 is 2.92 bits per heavy atom. The third-order valence-corrected chi connectivity index (χ3v) is 4.22. The predicted octanol–water partition coefficient (Wildman–Crippen LogP) is 2.47. The second-order valence-electron chi connectivity index (χ2n) is 6.07. The van der Waals surface area contributed by atoms with Gasteiger partial charge in [0.1, 0.15) is 12.4 Å². The van der Waals surface area contributed by atoms with Gasteiger partial charge in [-0.2, -0.15) is 0 Å². The van der Waals surface area contributed by atoms with Crippen molar-refractivity contribution >= 4 is 17.5 Å². The first-order chi connectivity index (χ1) is 11.7. The van der Waals surface area contributed by atoms with Gasteiger partial charge < -0.3 is 24.9 Å². The first-order valence-electron chi connectivity index (χ1n) is 8.37. The van der Waals surface area contributed by atoms with Gasteiger partial charge in [-0.05, 0) is 31.4 Å². The number of hydrogen-bond acceptors (Lipinski definition) is 5. The summed E-state index contributed by atoms with van der Waals surface area (Å²) in [6, 6.07) is 8.07. The summed E-state index contributed by atoms with van der Waals surface area (Å²) in [5, 5.41) is 14.8. The maximum Gasteiger partial charge on any atom is 0.404 e. The Morgan fingerprint density at radius 2 is 2.12 bits per heavy atom. The zero-order valence-electron chi connectivity index (χ0n) is 13.6. The lowest BCUT2D eigenvalue weighted by molar-refractivity contribution is 0.0472. The Labute approximate surface area is 141 Å². The van der Waals surface area contributed by atoms with Crippen LogP contribution in [0.25, 0.3) is 0 Å². The van der Waals surface area contributed by atoms with Crippen molar-refractivity contribution in [2.75, 3.05) is 31.1 Å². The van der Waals surface area contributed by atoms with Gasteiger partial charge in [0.25, 0.3) is 0 Å². The molecule has 1 unspecified atom stereocenters. The summed E-state index contributed by atoms with van der Waals surface area (Å²) in [5.41, 5.74) is 1.82. The Bertz CT molecular complexity index is 599. The Balaban J connectivity index is 1.51. The van der Waals surface area contributed by atoms with Crippen molar-refractivity contribution in [1.82, 2.24) is 5.32 Å². The van der Waals surface area contributed by atoms with Crippen LogP contribution in [0.1, 0.15) is 25.7 Å². The van der Waals surface area contributed by atoms with Crippen LogP contribution in [0.15, 0.2) is 29.4 Å². The molecule has 130 valence electrons. The average Bonchev–Trinajstić information content (AvgIpc) is 3.07. The van der Waals surface area contributed by atoms with Gasteiger partial charge in [0.15, 0.2) is 6.10 Å². The van der Waals surface area contributed by atoms with Crippen LogP contribution in [-0.2, 0) is 4.84 Å². The summed E-state index contributed by atoms with van der Waals surface area (Å²) in [5.74, 6) is 0.861. The lowest BCUT2D eigenvalue weighted by Crippen LogP contribution is -2.30. The molecule has 7 nitrogen and oxygen atoms in total. The Hall–Kier alpha value is -2.44. The van der Waals surface area contributed by atoms with Crippen LogP contribution < -0.4 is 15.0 Å². The standard InChI is InChI=1S/C17H23N3O4/c21-17(22)18-11-13-10-14(24-19-13)12-23-16-7-3-2-6-15(16)20-8-4-1-5-9-20/h2-3,6-7,14,18H,1,4-5,8-12H2,(H,21,22). The van der Waals surface area contributed by atoms with Crippen LogP contribution in [-0.4, -0.2) is 49.3 Å². The molecule has 0 aliphatic carbocycles. The van der Waals surface area contributed by atoms with Crippen LogP contribution in [0.2, 0.25) is 0 Å². The monoisotopic (exact) mass is 333 g/mol. The average molecular weight is 333 g/mol. The predicted molar refractivity (Wildman–Crippen MR) is 91.0 cm³/mol. The van der Waals surface area contributed by atoms with Gasteiger partial charge in [0, 0.05) is 19.5 Å². The first kappa shape index (κ1) is 16.4. The molecule has 0 spiro atoms. The van der Waals surface area contributed by atoms with Crippen LogP contribution in [0, 0.1) is 0 Å². The van der Waals surface area contributed by atoms with E-state index in [0.717, 1.165) is 24.5 Å². The Morgan fingerprint density at radius 1 is 1.33 bits per heavy atom. The number of rotatable bonds is 6. The molecule has 1 aromatic rings. The summed E-state index contributed by atoms with van der Waals surface area (Å²) in [7, 11) is 0. The van der Waals surface area contributed by atoms with Gasteiger partial charge in [0.2, 0.25) is 0 Å². The molecule has 1 fully saturated rings. The number of carbonyl (C=O) groups is 1. The van der Waals surface area contributed by atoms with Gasteiger partial charge >= 0.3 is 6.09 Å². The molecule has 1 atom stereocenters. The minimum Gasteiger partial charge on any atom is -0.487 e. The fourth-order valence-corrected chi connectivity index (χ4v) is 3.02. The van der Waals surface area contributed by atoms with Crippen LogP contribution in [0.3, 0.4) is 0 Å². The number of ether oxygens (including phenoxy) is 1. The summed E-state index contributed by atoms with van der Waals surface area (Å²) in [6.45, 7) is 2.71. The molecule has 3 rings (SSSR count). The number of benzene rings is 1. The van der Waals surface area contributed by atoms with Crippen LogP contribution in [0.4, 0.5) is 10.5 Å². The minimum atomic E-state index is -1.06. The first-order valence-corrected chi connectivity index (χ1v) is 8.37. The molecule has 0 radical (unpaired) electrons. The molecule has 1 aromatic carbocycles. The number of nitrogens with one attached hydrogen (secondary N) is 1. The molecule has 0 aromatic heterocycles. The molecular formula is C17H23N3O4. The number of para-hydroxylation sites is 2. The SMILES string of the molecule is O=C(O)NCC1=NOC(COc2ccccc2N2CCCCC2)C1. The highest BCUT2D eigenvalue weighted by Crippen LogP contribution is 2.30. The zero-order chi connectivity index (χ0) is 16.8. The van der Waals surface area contributed by atoms with E-state index in [1.807, 2.05) is 18.2 Å². The van der Waals surface area contributed by atoms with Crippen molar-refractivity contribution in [3.05, 3.63) is 24.3 Å². The van der Waals surface area contributed by atoms with Crippen molar-refractivity contribution < 1.29 is 19.5 Å². The van der Waals surface area contributed by atoms with E-state index in [9.17, 15) is 4.79 Å². The van der Waals surface area contributed by atoms with E-state index in [1.54, 1.807) is 0 Å². The summed E-state index contributed by atoms with van der Waals surface area (Å²) in [4.78, 5) is 18.2. The van der Waals surface area contributed by atoms with Crippen molar-refractivity contribution in [2.45, 2.75) is 31.8 Å². The molecule has 0 bridgehead atoms. The highest BCUT2D eigenvalue weighted by Gasteiger charge is 2.23. The lowest BCUT2D eigenvalue weighted by Gasteiger charge is -2.30. The third-order valence-electron chi connectivity index (χ3n) is 4.22. The number of anilines is 1. The second-order valence-corrected chi connectivity index (χ2v) is 6.07. The second kappa shape index (κ2) is 7.90. The largest absolute Gasteiger partial charge is 0.487 e. The zero-order valence-corrected chi connectivity index (χ0v) is 13.6. The Kier molecular flexibility index (Phi) is 5.40. The maximum atomic E-state index is 10.5. The third kappa shape index (κ3) is 4.31. The number of nitrogens with zero attached hydrogens (tertiary/aromatic N) is 2. The topological polar surface area (TPSA) is 83.4 Å². The van der Waals surface area contributed by atoms with E-state index in [0.29, 0.717) is 18.7 Å². The van der Waals surface area contributed by atoms with E-state index >= 15 is 0 Å². The molecule has 2 aliphatic heterocycles. The number of hydrogen-bond donors (Lipinski definition) is 2. The molecule has 24 heavy (non-hydrogen) atoms. The minimum absolute atomic E-state index is 0.176. The van der Waals surface area contributed by atoms with Gasteiger partial charge in [-0.3, -0.25) is 0 Å². The highest BCUT2D eigenvalue weighted by atomic mass is 16.7. The maximum absolute atomic E-state index is 10.5. The molecular weight excluding hydrogens is 310 g/mol. The highest BCUT2D eigenvalue weighted by molar-refractivity contribution is 5.89. The van der Waals surface area contributed by atoms with Crippen LogP contribution >= 0.6 is 0 Å². The molecule has 7 heteroatoms.